The van der Waals surface area contributed by atoms with Gasteiger partial charge in [-0.3, -0.25) is 4.79 Å². The van der Waals surface area contributed by atoms with Crippen LogP contribution in [0.4, 0.5) is 5.69 Å². The number of hydrogen-bond acceptors (Lipinski definition) is 5. The van der Waals surface area contributed by atoms with Crippen LogP contribution in [0, 0.1) is 0 Å². The fraction of sp³-hybridized carbons (Fsp3) is 0.222. The lowest BCUT2D eigenvalue weighted by atomic mass is 9.90. The van der Waals surface area contributed by atoms with Gasteiger partial charge < -0.3 is 10.1 Å². The number of nitrogens with zero attached hydrogens (tertiary/aromatic N) is 2. The van der Waals surface area contributed by atoms with Crippen LogP contribution < -0.4 is 10.1 Å². The Morgan fingerprint density at radius 2 is 1.96 bits per heavy atom. The molecule has 4 rings (SSSR count). The van der Waals surface area contributed by atoms with Gasteiger partial charge in [0.25, 0.3) is 5.91 Å². The SMILES string of the molecule is CS(=O)(=O)N1CC(c2ccccc2)C(c2ccc3c(c2)NC(=O)CO3)=N1. The second-order valence-corrected chi connectivity index (χ2v) is 8.15. The number of hydrazone groups is 1. The molecule has 1 unspecified atom stereocenters. The first kappa shape index (κ1) is 16.6. The molecule has 7 nitrogen and oxygen atoms in total. The Kier molecular flexibility index (Phi) is 3.91. The number of nitrogens with one attached hydrogen (secondary N) is 1. The molecular weight excluding hydrogens is 354 g/mol. The lowest BCUT2D eigenvalue weighted by Gasteiger charge is -2.19. The molecule has 1 N–H and O–H groups in total. The van der Waals surface area contributed by atoms with Gasteiger partial charge in [0, 0.05) is 11.5 Å². The average Bonchev–Trinajstić information content (AvgIpc) is 3.07. The molecule has 2 aromatic rings. The maximum absolute atomic E-state index is 12.0. The first-order valence-corrected chi connectivity index (χ1v) is 9.95. The van der Waals surface area contributed by atoms with E-state index in [9.17, 15) is 13.2 Å². The van der Waals surface area contributed by atoms with E-state index in [1.165, 1.54) is 0 Å². The summed E-state index contributed by atoms with van der Waals surface area (Å²) in [5.74, 6) is 0.174. The number of carbonyl (C=O) groups is 1. The van der Waals surface area contributed by atoms with Gasteiger partial charge in [0.1, 0.15) is 5.75 Å². The molecule has 0 bridgehead atoms. The monoisotopic (exact) mass is 371 g/mol. The third-order valence-electron chi connectivity index (χ3n) is 4.38. The van der Waals surface area contributed by atoms with E-state index in [2.05, 4.69) is 10.4 Å². The van der Waals surface area contributed by atoms with E-state index < -0.39 is 10.0 Å². The first-order chi connectivity index (χ1) is 12.4. The summed E-state index contributed by atoms with van der Waals surface area (Å²) in [4.78, 5) is 11.6. The zero-order chi connectivity index (χ0) is 18.3. The number of fused-ring (bicyclic) bond motifs is 1. The molecule has 8 heteroatoms. The van der Waals surface area contributed by atoms with Gasteiger partial charge in [0.2, 0.25) is 10.0 Å². The Bertz CT molecular complexity index is 1000. The fourth-order valence-electron chi connectivity index (χ4n) is 3.13. The molecule has 0 aromatic heterocycles. The van der Waals surface area contributed by atoms with Crippen LogP contribution in [0.2, 0.25) is 0 Å². The number of sulfonamides is 1. The van der Waals surface area contributed by atoms with Gasteiger partial charge in [-0.2, -0.15) is 9.52 Å². The summed E-state index contributed by atoms with van der Waals surface area (Å²) in [7, 11) is -3.46. The number of benzene rings is 2. The Morgan fingerprint density at radius 1 is 1.19 bits per heavy atom. The number of amides is 1. The zero-order valence-corrected chi connectivity index (χ0v) is 14.9. The van der Waals surface area contributed by atoms with Crippen molar-refractivity contribution < 1.29 is 17.9 Å². The van der Waals surface area contributed by atoms with Gasteiger partial charge >= 0.3 is 0 Å². The first-order valence-electron chi connectivity index (χ1n) is 8.10. The minimum Gasteiger partial charge on any atom is -0.482 e. The van der Waals surface area contributed by atoms with Crippen molar-refractivity contribution in [2.45, 2.75) is 5.92 Å². The number of carbonyl (C=O) groups excluding carboxylic acids is 1. The highest BCUT2D eigenvalue weighted by molar-refractivity contribution is 7.88. The molecule has 1 amide bonds. The molecule has 2 heterocycles. The second-order valence-electron chi connectivity index (χ2n) is 6.26. The topological polar surface area (TPSA) is 88.1 Å². The fourth-order valence-corrected chi connectivity index (χ4v) is 3.79. The molecule has 0 radical (unpaired) electrons. The van der Waals surface area contributed by atoms with Gasteiger partial charge in [-0.25, -0.2) is 8.42 Å². The van der Waals surface area contributed by atoms with Crippen LogP contribution in [-0.2, 0) is 14.8 Å². The molecule has 2 aromatic carbocycles. The largest absolute Gasteiger partial charge is 0.482 e. The maximum atomic E-state index is 12.0. The van der Waals surface area contributed by atoms with Crippen LogP contribution in [0.5, 0.6) is 5.75 Å². The number of ether oxygens (including phenoxy) is 1. The maximum Gasteiger partial charge on any atom is 0.262 e. The van der Waals surface area contributed by atoms with Crippen molar-refractivity contribution in [3.8, 4) is 5.75 Å². The molecule has 134 valence electrons. The summed E-state index contributed by atoms with van der Waals surface area (Å²) in [5.41, 5.74) is 2.93. The van der Waals surface area contributed by atoms with Crippen LogP contribution in [0.25, 0.3) is 0 Å². The summed E-state index contributed by atoms with van der Waals surface area (Å²) >= 11 is 0. The average molecular weight is 371 g/mol. The van der Waals surface area contributed by atoms with Crippen molar-refractivity contribution in [3.05, 3.63) is 59.7 Å². The molecule has 0 fully saturated rings. The van der Waals surface area contributed by atoms with Crippen LogP contribution in [0.3, 0.4) is 0 Å². The smallest absolute Gasteiger partial charge is 0.262 e. The third kappa shape index (κ3) is 3.03. The van der Waals surface area contributed by atoms with Gasteiger partial charge in [-0.1, -0.05) is 30.3 Å². The molecule has 2 aliphatic heterocycles. The van der Waals surface area contributed by atoms with E-state index >= 15 is 0 Å². The standard InChI is InChI=1S/C18H17N3O4S/c1-26(23,24)21-10-14(12-5-3-2-4-6-12)18(20-21)13-7-8-16-15(9-13)19-17(22)11-25-16/h2-9,14H,10-11H2,1H3,(H,19,22). The number of hydrogen-bond donors (Lipinski definition) is 1. The normalized spacial score (nSPS) is 19.4. The van der Waals surface area contributed by atoms with E-state index in [0.29, 0.717) is 17.1 Å². The molecule has 0 saturated heterocycles. The molecule has 2 aliphatic rings. The third-order valence-corrected chi connectivity index (χ3v) is 5.38. The Labute approximate surface area is 151 Å². The number of rotatable bonds is 3. The van der Waals surface area contributed by atoms with Crippen LogP contribution >= 0.6 is 0 Å². The van der Waals surface area contributed by atoms with Crippen LogP contribution in [-0.4, -0.2) is 43.9 Å². The van der Waals surface area contributed by atoms with Crippen LogP contribution in [0.1, 0.15) is 17.0 Å². The van der Waals surface area contributed by atoms with E-state index in [1.54, 1.807) is 12.1 Å². The van der Waals surface area contributed by atoms with Crippen molar-refractivity contribution in [3.63, 3.8) is 0 Å². The van der Waals surface area contributed by atoms with Crippen molar-refractivity contribution in [1.29, 1.82) is 0 Å². The highest BCUT2D eigenvalue weighted by atomic mass is 32.2. The Morgan fingerprint density at radius 3 is 2.69 bits per heavy atom. The van der Waals surface area contributed by atoms with E-state index in [-0.39, 0.29) is 25.0 Å². The summed E-state index contributed by atoms with van der Waals surface area (Å²) in [5, 5.41) is 7.13. The lowest BCUT2D eigenvalue weighted by Crippen LogP contribution is -2.26. The Balaban J connectivity index is 1.78. The summed E-state index contributed by atoms with van der Waals surface area (Å²) < 4.78 is 30.5. The van der Waals surface area contributed by atoms with Crippen molar-refractivity contribution in [2.75, 3.05) is 24.7 Å². The molecule has 26 heavy (non-hydrogen) atoms. The van der Waals surface area contributed by atoms with Crippen molar-refractivity contribution in [2.24, 2.45) is 5.10 Å². The van der Waals surface area contributed by atoms with Gasteiger partial charge in [-0.05, 0) is 23.8 Å². The molecule has 0 saturated carbocycles. The van der Waals surface area contributed by atoms with Gasteiger partial charge in [-0.15, -0.1) is 0 Å². The summed E-state index contributed by atoms with van der Waals surface area (Å²) in [6.45, 7) is 0.236. The highest BCUT2D eigenvalue weighted by Crippen LogP contribution is 2.34. The van der Waals surface area contributed by atoms with E-state index in [0.717, 1.165) is 21.8 Å². The predicted molar refractivity (Wildman–Crippen MR) is 97.8 cm³/mol. The second kappa shape index (κ2) is 6.14. The molecule has 0 spiro atoms. The van der Waals surface area contributed by atoms with Gasteiger partial charge in [0.05, 0.1) is 24.2 Å². The molecule has 1 atom stereocenters. The zero-order valence-electron chi connectivity index (χ0n) is 14.0. The van der Waals surface area contributed by atoms with Gasteiger partial charge in [0.15, 0.2) is 6.61 Å². The summed E-state index contributed by atoms with van der Waals surface area (Å²) in [6, 6.07) is 15.0. The minimum atomic E-state index is -3.46. The lowest BCUT2D eigenvalue weighted by molar-refractivity contribution is -0.118. The Hall–Kier alpha value is -2.87. The molecular formula is C18H17N3O4S. The van der Waals surface area contributed by atoms with E-state index in [4.69, 9.17) is 4.74 Å². The quantitative estimate of drug-likeness (QED) is 0.891. The summed E-state index contributed by atoms with van der Waals surface area (Å²) in [6.07, 6.45) is 1.14. The molecule has 0 aliphatic carbocycles. The highest BCUT2D eigenvalue weighted by Gasteiger charge is 2.33. The van der Waals surface area contributed by atoms with E-state index in [1.807, 2.05) is 36.4 Å². The predicted octanol–water partition coefficient (Wildman–Crippen LogP) is 1.78. The number of anilines is 1. The van der Waals surface area contributed by atoms with Crippen molar-refractivity contribution in [1.82, 2.24) is 4.41 Å². The minimum absolute atomic E-state index is 0.0121. The van der Waals surface area contributed by atoms with Crippen LogP contribution in [0.15, 0.2) is 53.6 Å². The van der Waals surface area contributed by atoms with Crippen molar-refractivity contribution >= 4 is 27.3 Å².